The summed E-state index contributed by atoms with van der Waals surface area (Å²) in [6.45, 7) is 4.65. The van der Waals surface area contributed by atoms with Gasteiger partial charge in [0.2, 0.25) is 10.4 Å². The summed E-state index contributed by atoms with van der Waals surface area (Å²) in [4.78, 5) is 0. The molecular formula is C42H85NaO4S. The van der Waals surface area contributed by atoms with Crippen molar-refractivity contribution in [3.8, 4) is 0 Å². The molecule has 4 nitrogen and oxygen atoms in total. The van der Waals surface area contributed by atoms with Gasteiger partial charge in [0.15, 0.2) is 0 Å². The first-order valence-corrected chi connectivity index (χ1v) is 22.9. The van der Waals surface area contributed by atoms with Crippen molar-refractivity contribution in [2.45, 2.75) is 258 Å². The fourth-order valence-corrected chi connectivity index (χ4v) is 7.52. The zero-order chi connectivity index (χ0) is 34.4. The minimum absolute atomic E-state index is 0. The molecule has 0 aromatic heterocycles. The van der Waals surface area contributed by atoms with Gasteiger partial charge in [-0.15, -0.1) is 0 Å². The Morgan fingerprint density at radius 2 is 0.562 bits per heavy atom. The van der Waals surface area contributed by atoms with E-state index in [9.17, 15) is 13.0 Å². The minimum Gasteiger partial charge on any atom is -0.726 e. The number of rotatable bonds is 41. The average molecular weight is 709 g/mol. The summed E-state index contributed by atoms with van der Waals surface area (Å²) in [5.41, 5.74) is 0. The normalized spacial score (nSPS) is 11.8. The van der Waals surface area contributed by atoms with Crippen LogP contribution in [-0.2, 0) is 14.6 Å². The van der Waals surface area contributed by atoms with Crippen LogP contribution in [0.5, 0.6) is 0 Å². The Morgan fingerprint density at radius 1 is 0.375 bits per heavy atom. The van der Waals surface area contributed by atoms with E-state index in [2.05, 4.69) is 18.0 Å². The molecule has 48 heavy (non-hydrogen) atoms. The SMILES string of the molecule is CCCCCCCCCCCCCCCCCCCCC(CCCCCCCCCCCCCCCCCCCC)COS(=O)(=O)[O-].[Na+]. The second-order valence-electron chi connectivity index (χ2n) is 15.2. The van der Waals surface area contributed by atoms with Gasteiger partial charge in [0.25, 0.3) is 0 Å². The first-order valence-electron chi connectivity index (χ1n) is 21.6. The van der Waals surface area contributed by atoms with Gasteiger partial charge in [0.05, 0.1) is 6.61 Å². The van der Waals surface area contributed by atoms with E-state index in [0.717, 1.165) is 25.7 Å². The maximum absolute atomic E-state index is 11.0. The van der Waals surface area contributed by atoms with Gasteiger partial charge in [-0.25, -0.2) is 8.42 Å². The quantitative estimate of drug-likeness (QED) is 0.0274. The van der Waals surface area contributed by atoms with Crippen molar-refractivity contribution in [1.29, 1.82) is 0 Å². The molecular weight excluding hydrogens is 624 g/mol. The number of hydrogen-bond donors (Lipinski definition) is 0. The summed E-state index contributed by atoms with van der Waals surface area (Å²) in [5.74, 6) is 0.195. The molecule has 0 heterocycles. The van der Waals surface area contributed by atoms with Crippen molar-refractivity contribution in [3.63, 3.8) is 0 Å². The van der Waals surface area contributed by atoms with Crippen LogP contribution in [-0.4, -0.2) is 19.6 Å². The van der Waals surface area contributed by atoms with Gasteiger partial charge < -0.3 is 4.55 Å². The fourth-order valence-electron chi connectivity index (χ4n) is 7.16. The van der Waals surface area contributed by atoms with Crippen LogP contribution in [0.3, 0.4) is 0 Å². The summed E-state index contributed by atoms with van der Waals surface area (Å²) in [7, 11) is -4.59. The topological polar surface area (TPSA) is 66.4 Å². The molecule has 0 aromatic carbocycles. The van der Waals surface area contributed by atoms with Crippen molar-refractivity contribution in [2.24, 2.45) is 5.92 Å². The molecule has 0 unspecified atom stereocenters. The van der Waals surface area contributed by atoms with Crippen LogP contribution in [0.15, 0.2) is 0 Å². The Balaban J connectivity index is 0. The predicted molar refractivity (Wildman–Crippen MR) is 206 cm³/mol. The molecule has 0 aliphatic carbocycles. The third-order valence-corrected chi connectivity index (χ3v) is 10.8. The molecule has 0 amide bonds. The van der Waals surface area contributed by atoms with Crippen LogP contribution in [0.1, 0.15) is 258 Å². The molecule has 284 valence electrons. The van der Waals surface area contributed by atoms with Crippen LogP contribution < -0.4 is 29.6 Å². The molecule has 0 aromatic rings. The van der Waals surface area contributed by atoms with E-state index in [0.29, 0.717) is 0 Å². The molecule has 0 aliphatic heterocycles. The Labute approximate surface area is 325 Å². The molecule has 0 N–H and O–H groups in total. The van der Waals surface area contributed by atoms with Crippen LogP contribution in [0, 0.1) is 5.92 Å². The van der Waals surface area contributed by atoms with Crippen LogP contribution >= 0.6 is 0 Å². The van der Waals surface area contributed by atoms with Gasteiger partial charge in [-0.05, 0) is 18.8 Å². The van der Waals surface area contributed by atoms with E-state index < -0.39 is 10.4 Å². The molecule has 0 fully saturated rings. The summed E-state index contributed by atoms with van der Waals surface area (Å²) in [5, 5.41) is 0. The summed E-state index contributed by atoms with van der Waals surface area (Å²) < 4.78 is 37.8. The zero-order valence-electron chi connectivity index (χ0n) is 33.2. The molecule has 0 atom stereocenters. The van der Waals surface area contributed by atoms with E-state index in [1.165, 1.54) is 218 Å². The van der Waals surface area contributed by atoms with E-state index in [1.807, 2.05) is 0 Å². The van der Waals surface area contributed by atoms with Crippen molar-refractivity contribution < 1.29 is 46.7 Å². The maximum atomic E-state index is 11.0. The van der Waals surface area contributed by atoms with Gasteiger partial charge in [-0.3, -0.25) is 4.18 Å². The van der Waals surface area contributed by atoms with E-state index >= 15 is 0 Å². The first kappa shape index (κ1) is 51.0. The predicted octanol–water partition coefficient (Wildman–Crippen LogP) is 11.9. The third-order valence-electron chi connectivity index (χ3n) is 10.4. The monoisotopic (exact) mass is 709 g/mol. The molecule has 6 heteroatoms. The van der Waals surface area contributed by atoms with Crippen LogP contribution in [0.2, 0.25) is 0 Å². The second-order valence-corrected chi connectivity index (χ2v) is 16.2. The Hall–Kier alpha value is 0.870. The van der Waals surface area contributed by atoms with Crippen LogP contribution in [0.4, 0.5) is 0 Å². The van der Waals surface area contributed by atoms with Gasteiger partial charge in [0, 0.05) is 0 Å². The van der Waals surface area contributed by atoms with Gasteiger partial charge in [-0.1, -0.05) is 245 Å². The minimum atomic E-state index is -4.59. The third kappa shape index (κ3) is 44.9. The van der Waals surface area contributed by atoms with Crippen molar-refractivity contribution in [3.05, 3.63) is 0 Å². The molecule has 0 spiro atoms. The van der Waals surface area contributed by atoms with E-state index in [4.69, 9.17) is 0 Å². The Morgan fingerprint density at radius 3 is 0.750 bits per heavy atom. The molecule has 0 saturated carbocycles. The maximum Gasteiger partial charge on any atom is 1.00 e. The Bertz CT molecular complexity index is 647. The van der Waals surface area contributed by atoms with Gasteiger partial charge >= 0.3 is 29.6 Å². The van der Waals surface area contributed by atoms with Crippen molar-refractivity contribution in [1.82, 2.24) is 0 Å². The van der Waals surface area contributed by atoms with Crippen molar-refractivity contribution >= 4 is 10.4 Å². The summed E-state index contributed by atoms with van der Waals surface area (Å²) >= 11 is 0. The van der Waals surface area contributed by atoms with Gasteiger partial charge in [-0.2, -0.15) is 0 Å². The molecule has 0 bridgehead atoms. The summed E-state index contributed by atoms with van der Waals surface area (Å²) in [6, 6.07) is 0. The van der Waals surface area contributed by atoms with Gasteiger partial charge in [0.1, 0.15) is 0 Å². The smallest absolute Gasteiger partial charge is 0.726 e. The second kappa shape index (κ2) is 42.3. The van der Waals surface area contributed by atoms with E-state index in [-0.39, 0.29) is 42.1 Å². The van der Waals surface area contributed by atoms with E-state index in [1.54, 1.807) is 0 Å². The zero-order valence-corrected chi connectivity index (χ0v) is 36.0. The van der Waals surface area contributed by atoms with Crippen LogP contribution in [0.25, 0.3) is 0 Å². The standard InChI is InChI=1S/C42H86O4S.Na/c1-3-5-7-9-11-13-15-17-19-21-23-25-27-29-31-33-35-37-39-42(41-46-47(43,44)45)40-38-36-34-32-30-28-26-24-22-20-18-16-14-12-10-8-6-4-2;/h42H,3-41H2,1-2H3,(H,43,44,45);/q;+1/p-1. The summed E-state index contributed by atoms with van der Waals surface area (Å²) in [6.07, 6.45) is 51.2. The average Bonchev–Trinajstić information content (AvgIpc) is 3.05. The largest absolute Gasteiger partial charge is 1.00 e. The number of unbranched alkanes of at least 4 members (excludes halogenated alkanes) is 34. The molecule has 0 saturated heterocycles. The first-order chi connectivity index (χ1) is 23.0. The number of hydrogen-bond acceptors (Lipinski definition) is 4. The molecule has 0 rings (SSSR count). The Kier molecular flexibility index (Phi) is 44.9. The molecule has 0 aliphatic rings. The fraction of sp³-hybridized carbons (Fsp3) is 1.00. The van der Waals surface area contributed by atoms with Crippen molar-refractivity contribution in [2.75, 3.05) is 6.61 Å². The molecule has 0 radical (unpaired) electrons.